The van der Waals surface area contributed by atoms with Crippen LogP contribution in [0.4, 0.5) is 15.9 Å². The average Bonchev–Trinajstić information content (AvgIpc) is 2.41. The second-order valence-corrected chi connectivity index (χ2v) is 3.93. The van der Waals surface area contributed by atoms with Crippen LogP contribution in [0.3, 0.4) is 0 Å². The number of carbonyl (C=O) groups excluding carboxylic acids is 1. The molecule has 1 aromatic heterocycles. The Morgan fingerprint density at radius 1 is 1.32 bits per heavy atom. The van der Waals surface area contributed by atoms with Crippen LogP contribution >= 0.6 is 0 Å². The lowest BCUT2D eigenvalue weighted by Crippen LogP contribution is -2.13. The normalized spacial score (nSPS) is 10.0. The first-order valence-electron chi connectivity index (χ1n) is 5.47. The summed E-state index contributed by atoms with van der Waals surface area (Å²) < 4.78 is 12.7. The highest BCUT2D eigenvalue weighted by atomic mass is 19.1. The summed E-state index contributed by atoms with van der Waals surface area (Å²) in [6.45, 7) is 1.79. The van der Waals surface area contributed by atoms with E-state index in [1.807, 2.05) is 0 Å². The van der Waals surface area contributed by atoms with Crippen molar-refractivity contribution in [3.8, 4) is 0 Å². The molecule has 0 unspecified atom stereocenters. The molecule has 0 radical (unpaired) electrons. The number of aryl methyl sites for hydroxylation is 1. The molecule has 2 rings (SSSR count). The summed E-state index contributed by atoms with van der Waals surface area (Å²) in [7, 11) is 0. The predicted molar refractivity (Wildman–Crippen MR) is 68.8 cm³/mol. The maximum absolute atomic E-state index is 12.7. The number of nitroso groups, excluding NO2 is 1. The van der Waals surface area contributed by atoms with Crippen LogP contribution in [0.1, 0.15) is 15.9 Å². The van der Waals surface area contributed by atoms with Crippen LogP contribution in [0, 0.1) is 17.6 Å². The molecule has 1 heterocycles. The molecule has 2 aromatic rings. The zero-order chi connectivity index (χ0) is 13.8. The van der Waals surface area contributed by atoms with Crippen molar-refractivity contribution in [2.75, 3.05) is 5.32 Å². The van der Waals surface area contributed by atoms with Crippen LogP contribution in [0.15, 0.2) is 41.7 Å². The van der Waals surface area contributed by atoms with Gasteiger partial charge in [-0.05, 0) is 36.4 Å². The van der Waals surface area contributed by atoms with E-state index in [1.54, 1.807) is 19.1 Å². The summed E-state index contributed by atoms with van der Waals surface area (Å²) in [6, 6.07) is 7.21. The molecule has 1 N–H and O–H groups in total. The van der Waals surface area contributed by atoms with Gasteiger partial charge in [0.15, 0.2) is 0 Å². The fraction of sp³-hybridized carbons (Fsp3) is 0.0769. The minimum Gasteiger partial charge on any atom is -0.306 e. The number of halogens is 1. The third-order valence-corrected chi connectivity index (χ3v) is 2.46. The van der Waals surface area contributed by atoms with Gasteiger partial charge in [-0.15, -0.1) is 4.91 Å². The van der Waals surface area contributed by atoms with E-state index in [1.165, 1.54) is 18.2 Å². The summed E-state index contributed by atoms with van der Waals surface area (Å²) >= 11 is 0. The van der Waals surface area contributed by atoms with E-state index >= 15 is 0 Å². The fourth-order valence-corrected chi connectivity index (χ4v) is 1.54. The SMILES string of the molecule is Cc1ccc(N=O)c(C(=O)Nc2ccc(F)cn2)c1. The van der Waals surface area contributed by atoms with Gasteiger partial charge >= 0.3 is 0 Å². The van der Waals surface area contributed by atoms with Crippen molar-refractivity contribution in [2.24, 2.45) is 5.18 Å². The van der Waals surface area contributed by atoms with Crippen molar-refractivity contribution in [2.45, 2.75) is 6.92 Å². The maximum Gasteiger partial charge on any atom is 0.259 e. The molecule has 0 aliphatic carbocycles. The van der Waals surface area contributed by atoms with Crippen molar-refractivity contribution in [3.05, 3.63) is 58.4 Å². The topological polar surface area (TPSA) is 71.4 Å². The molecule has 0 bridgehead atoms. The molecule has 0 fully saturated rings. The van der Waals surface area contributed by atoms with Gasteiger partial charge in [0.2, 0.25) is 0 Å². The lowest BCUT2D eigenvalue weighted by Gasteiger charge is -2.06. The van der Waals surface area contributed by atoms with Gasteiger partial charge in [0.25, 0.3) is 5.91 Å². The number of hydrogen-bond acceptors (Lipinski definition) is 4. The number of benzene rings is 1. The number of hydrogen-bond donors (Lipinski definition) is 1. The van der Waals surface area contributed by atoms with E-state index in [4.69, 9.17) is 0 Å². The molecule has 0 atom stereocenters. The molecular formula is C13H10FN3O2. The number of aromatic nitrogens is 1. The summed E-state index contributed by atoms with van der Waals surface area (Å²) in [4.78, 5) is 26.3. The zero-order valence-electron chi connectivity index (χ0n) is 10.1. The zero-order valence-corrected chi connectivity index (χ0v) is 10.1. The smallest absolute Gasteiger partial charge is 0.259 e. The van der Waals surface area contributed by atoms with Gasteiger partial charge in [0, 0.05) is 0 Å². The van der Waals surface area contributed by atoms with E-state index in [-0.39, 0.29) is 17.1 Å². The highest BCUT2D eigenvalue weighted by Gasteiger charge is 2.13. The van der Waals surface area contributed by atoms with Crippen LogP contribution in [0.2, 0.25) is 0 Å². The molecule has 0 spiro atoms. The lowest BCUT2D eigenvalue weighted by molar-refractivity contribution is 0.102. The van der Waals surface area contributed by atoms with Crippen molar-refractivity contribution in [1.29, 1.82) is 0 Å². The largest absolute Gasteiger partial charge is 0.306 e. The molecule has 1 aromatic carbocycles. The summed E-state index contributed by atoms with van der Waals surface area (Å²) in [5, 5.41) is 5.27. The second-order valence-electron chi connectivity index (χ2n) is 3.93. The molecule has 1 amide bonds. The van der Waals surface area contributed by atoms with Gasteiger partial charge in [-0.3, -0.25) is 4.79 Å². The quantitative estimate of drug-likeness (QED) is 0.860. The Labute approximate surface area is 108 Å². The number of anilines is 1. The van der Waals surface area contributed by atoms with Gasteiger partial charge in [0.1, 0.15) is 17.3 Å². The molecule has 0 saturated carbocycles. The van der Waals surface area contributed by atoms with Crippen LogP contribution in [-0.4, -0.2) is 10.9 Å². The van der Waals surface area contributed by atoms with Crippen molar-refractivity contribution >= 4 is 17.4 Å². The fourth-order valence-electron chi connectivity index (χ4n) is 1.54. The van der Waals surface area contributed by atoms with E-state index < -0.39 is 11.7 Å². The lowest BCUT2D eigenvalue weighted by atomic mass is 10.1. The number of nitrogens with zero attached hydrogens (tertiary/aromatic N) is 2. The Kier molecular flexibility index (Phi) is 3.61. The van der Waals surface area contributed by atoms with Gasteiger partial charge in [0.05, 0.1) is 11.8 Å². The van der Waals surface area contributed by atoms with Crippen LogP contribution in [0.5, 0.6) is 0 Å². The number of rotatable bonds is 3. The summed E-state index contributed by atoms with van der Waals surface area (Å²) in [5.41, 5.74) is 1.02. The van der Waals surface area contributed by atoms with Gasteiger partial charge in [-0.25, -0.2) is 9.37 Å². The molecule has 19 heavy (non-hydrogen) atoms. The molecule has 0 saturated heterocycles. The molecule has 0 aliphatic rings. The van der Waals surface area contributed by atoms with E-state index in [2.05, 4.69) is 15.5 Å². The van der Waals surface area contributed by atoms with E-state index in [0.717, 1.165) is 11.8 Å². The maximum atomic E-state index is 12.7. The van der Waals surface area contributed by atoms with Gasteiger partial charge in [-0.2, -0.15) is 0 Å². The van der Waals surface area contributed by atoms with Gasteiger partial charge in [-0.1, -0.05) is 11.6 Å². The Bertz CT molecular complexity index is 626. The number of nitrogens with one attached hydrogen (secondary N) is 1. The highest BCUT2D eigenvalue weighted by Crippen LogP contribution is 2.21. The highest BCUT2D eigenvalue weighted by molar-refractivity contribution is 6.07. The van der Waals surface area contributed by atoms with E-state index in [9.17, 15) is 14.1 Å². The standard InChI is InChI=1S/C13H10FN3O2/c1-8-2-4-11(17-19)10(6-8)13(18)16-12-5-3-9(14)7-15-12/h2-7H,1H3,(H,15,16,18). The Balaban J connectivity index is 2.27. The summed E-state index contributed by atoms with van der Waals surface area (Å²) in [6.07, 6.45) is 0.991. The first-order valence-corrected chi connectivity index (χ1v) is 5.47. The minimum absolute atomic E-state index is 0.0465. The third kappa shape index (κ3) is 2.98. The predicted octanol–water partition coefficient (Wildman–Crippen LogP) is 3.18. The van der Waals surface area contributed by atoms with Crippen molar-refractivity contribution in [1.82, 2.24) is 4.98 Å². The molecular weight excluding hydrogens is 249 g/mol. The van der Waals surface area contributed by atoms with Gasteiger partial charge < -0.3 is 5.32 Å². The number of amides is 1. The first-order chi connectivity index (χ1) is 9.10. The third-order valence-electron chi connectivity index (χ3n) is 2.46. The first kappa shape index (κ1) is 12.8. The van der Waals surface area contributed by atoms with Crippen LogP contribution in [0.25, 0.3) is 0 Å². The van der Waals surface area contributed by atoms with E-state index in [0.29, 0.717) is 0 Å². The van der Waals surface area contributed by atoms with Crippen molar-refractivity contribution in [3.63, 3.8) is 0 Å². The molecule has 6 heteroatoms. The molecule has 0 aliphatic heterocycles. The van der Waals surface area contributed by atoms with Crippen molar-refractivity contribution < 1.29 is 9.18 Å². The molecule has 5 nitrogen and oxygen atoms in total. The molecule has 96 valence electrons. The van der Waals surface area contributed by atoms with Crippen LogP contribution < -0.4 is 5.32 Å². The Morgan fingerprint density at radius 3 is 2.74 bits per heavy atom. The Hall–Kier alpha value is -2.63. The average molecular weight is 259 g/mol. The second kappa shape index (κ2) is 5.34. The Morgan fingerprint density at radius 2 is 2.11 bits per heavy atom. The monoisotopic (exact) mass is 259 g/mol. The number of carbonyl (C=O) groups is 1. The minimum atomic E-state index is -0.516. The summed E-state index contributed by atoms with van der Waals surface area (Å²) in [5.74, 6) is -0.814. The number of pyridine rings is 1. The van der Waals surface area contributed by atoms with Crippen LogP contribution in [-0.2, 0) is 0 Å².